The number of morpholine rings is 1. The highest BCUT2D eigenvalue weighted by atomic mass is 35.5. The molecule has 4 aromatic rings. The van der Waals surface area contributed by atoms with Crippen LogP contribution in [0.2, 0.25) is 5.02 Å². The molecule has 0 bridgehead atoms. The first-order valence-electron chi connectivity index (χ1n) is 24.7. The molecule has 1 aliphatic carbocycles. The summed E-state index contributed by atoms with van der Waals surface area (Å²) in [5.41, 5.74) is -1.02. The molecule has 0 radical (unpaired) electrons. The fourth-order valence-electron chi connectivity index (χ4n) is 10.1. The molecule has 3 saturated heterocycles. The number of benzene rings is 4. The van der Waals surface area contributed by atoms with Gasteiger partial charge in [-0.2, -0.15) is 13.2 Å². The van der Waals surface area contributed by atoms with Crippen LogP contribution in [0.3, 0.4) is 0 Å². The van der Waals surface area contributed by atoms with Crippen LogP contribution in [0, 0.1) is 5.41 Å². The van der Waals surface area contributed by atoms with Gasteiger partial charge in [0.15, 0.2) is 0 Å². The molecule has 3 fully saturated rings. The summed E-state index contributed by atoms with van der Waals surface area (Å²) in [6.45, 7) is 14.7. The molecule has 3 heterocycles. The lowest BCUT2D eigenvalue weighted by Crippen LogP contribution is -2.47. The van der Waals surface area contributed by atoms with Crippen LogP contribution in [0.1, 0.15) is 54.9 Å². The van der Waals surface area contributed by atoms with Gasteiger partial charge in [0.1, 0.15) is 4.90 Å². The Morgan fingerprint density at radius 3 is 2.26 bits per heavy atom. The SMILES string of the molecule is CC1(CN2CCCNCC2)CCC(c2ccc(Cl)cc2)=C(CN2CCN(c3ccc(C(=O)NS(=O)(=O)c4ccc(NC(CCN5CCOCC5)CSc5ccccc5)c(S(=O)(=O)C(F)(F)F)c4)cc3)CC2)C1.Cl. The Balaban J connectivity index is 0.00000780. The topological polar surface area (TPSA) is 144 Å². The van der Waals surface area contributed by atoms with Gasteiger partial charge in [-0.05, 0) is 128 Å². The number of anilines is 2. The van der Waals surface area contributed by atoms with Gasteiger partial charge in [0.2, 0.25) is 0 Å². The Morgan fingerprint density at radius 1 is 0.849 bits per heavy atom. The molecule has 3 aliphatic heterocycles. The molecule has 8 rings (SSSR count). The molecule has 73 heavy (non-hydrogen) atoms. The predicted octanol–water partition coefficient (Wildman–Crippen LogP) is 8.53. The van der Waals surface area contributed by atoms with Gasteiger partial charge in [-0.25, -0.2) is 21.6 Å². The normalized spacial score (nSPS) is 20.5. The zero-order valence-corrected chi connectivity index (χ0v) is 45.1. The lowest BCUT2D eigenvalue weighted by Gasteiger charge is -2.42. The first kappa shape index (κ1) is 56.8. The number of alkyl halides is 3. The number of allylic oxidation sites excluding steroid dienone is 1. The number of rotatable bonds is 18. The van der Waals surface area contributed by atoms with Gasteiger partial charge in [0.25, 0.3) is 25.8 Å². The van der Waals surface area contributed by atoms with Crippen molar-refractivity contribution in [2.24, 2.45) is 5.41 Å². The molecule has 4 aliphatic rings. The summed E-state index contributed by atoms with van der Waals surface area (Å²) in [5, 5.41) is 7.25. The van der Waals surface area contributed by atoms with Crippen molar-refractivity contribution < 1.29 is 39.5 Å². The van der Waals surface area contributed by atoms with E-state index < -0.39 is 52.8 Å². The highest BCUT2D eigenvalue weighted by Gasteiger charge is 2.48. The van der Waals surface area contributed by atoms with E-state index in [0.29, 0.717) is 51.1 Å². The van der Waals surface area contributed by atoms with Crippen LogP contribution in [0.5, 0.6) is 0 Å². The predicted molar refractivity (Wildman–Crippen MR) is 287 cm³/mol. The molecule has 0 saturated carbocycles. The van der Waals surface area contributed by atoms with E-state index in [0.717, 1.165) is 119 Å². The summed E-state index contributed by atoms with van der Waals surface area (Å²) in [7, 11) is -10.9. The number of nitrogens with zero attached hydrogens (tertiary/aromatic N) is 4. The van der Waals surface area contributed by atoms with E-state index in [1.165, 1.54) is 40.6 Å². The summed E-state index contributed by atoms with van der Waals surface area (Å²) in [4.78, 5) is 21.8. The smallest absolute Gasteiger partial charge is 0.380 e. The van der Waals surface area contributed by atoms with Crippen molar-refractivity contribution in [3.63, 3.8) is 0 Å². The molecule has 2 atom stereocenters. The third kappa shape index (κ3) is 15.2. The molecule has 21 heteroatoms. The number of halogens is 5. The van der Waals surface area contributed by atoms with Crippen LogP contribution < -0.4 is 20.3 Å². The molecule has 1 amide bonds. The molecule has 3 N–H and O–H groups in total. The number of hydrogen-bond acceptors (Lipinski definition) is 13. The fourth-order valence-corrected chi connectivity index (χ4v) is 13.3. The van der Waals surface area contributed by atoms with Crippen LogP contribution in [0.4, 0.5) is 24.5 Å². The molecule has 2 unspecified atom stereocenters. The van der Waals surface area contributed by atoms with E-state index in [-0.39, 0.29) is 23.4 Å². The quantitative estimate of drug-likeness (QED) is 0.0821. The van der Waals surface area contributed by atoms with Crippen LogP contribution in [-0.2, 0) is 24.6 Å². The van der Waals surface area contributed by atoms with Crippen molar-refractivity contribution in [1.82, 2.24) is 24.7 Å². The molecule has 398 valence electrons. The summed E-state index contributed by atoms with van der Waals surface area (Å²) < 4.78 is 104. The van der Waals surface area contributed by atoms with Gasteiger partial charge in [0.05, 0.1) is 23.8 Å². The number of sulfone groups is 1. The van der Waals surface area contributed by atoms with Crippen LogP contribution in [-0.4, -0.2) is 153 Å². The maximum absolute atomic E-state index is 14.3. The molecule has 0 spiro atoms. The van der Waals surface area contributed by atoms with Gasteiger partial charge in [0, 0.05) is 105 Å². The first-order chi connectivity index (χ1) is 34.4. The standard InChI is InChI=1S/C52H65ClF3N7O6S3.ClH/c1-51(38-62-23-5-21-57-22-25-62)20-18-47(39-8-12-42(53)13-9-39)41(35-51)36-61-26-28-63(29-27-61)44-14-10-40(11-15-44)50(64)59-72(67,68)46-16-17-48(49(34-46)71(65,66)52(54,55)56)58-43(19-24-60-30-32-69-33-31-60)37-70-45-6-3-2-4-7-45;/h2-4,6-17,34,43,57-58H,5,18-33,35-38H2,1H3,(H,59,64);1H. The summed E-state index contributed by atoms with van der Waals surface area (Å²) >= 11 is 7.75. The number of carbonyl (C=O) groups excluding carboxylic acids is 1. The second-order valence-corrected chi connectivity index (χ2v) is 24.6. The van der Waals surface area contributed by atoms with Crippen molar-refractivity contribution in [3.05, 3.63) is 119 Å². The van der Waals surface area contributed by atoms with Gasteiger partial charge < -0.3 is 25.2 Å². The second kappa shape index (κ2) is 25.3. The van der Waals surface area contributed by atoms with Crippen molar-refractivity contribution >= 4 is 78.5 Å². The fraction of sp³-hybridized carbons (Fsp3) is 0.481. The average Bonchev–Trinajstić information content (AvgIpc) is 3.64. The second-order valence-electron chi connectivity index (χ2n) is 19.5. The van der Waals surface area contributed by atoms with Crippen molar-refractivity contribution in [3.8, 4) is 0 Å². The third-order valence-electron chi connectivity index (χ3n) is 14.1. The number of thioether (sulfide) groups is 1. The minimum Gasteiger partial charge on any atom is -0.380 e. The number of carbonyl (C=O) groups is 1. The molecule has 0 aromatic heterocycles. The molecule has 4 aromatic carbocycles. The number of hydrogen-bond donors (Lipinski definition) is 3. The average molecular weight is 1110 g/mol. The van der Waals surface area contributed by atoms with Crippen LogP contribution in [0.15, 0.2) is 117 Å². The van der Waals surface area contributed by atoms with Gasteiger partial charge in [-0.15, -0.1) is 24.2 Å². The maximum Gasteiger partial charge on any atom is 0.501 e. The van der Waals surface area contributed by atoms with E-state index in [9.17, 15) is 34.8 Å². The van der Waals surface area contributed by atoms with Crippen LogP contribution >= 0.6 is 35.8 Å². The Labute approximate surface area is 444 Å². The lowest BCUT2D eigenvalue weighted by atomic mass is 9.71. The number of ether oxygens (including phenoxy) is 1. The zero-order chi connectivity index (χ0) is 50.9. The minimum atomic E-state index is -6.06. The Kier molecular flexibility index (Phi) is 19.7. The maximum atomic E-state index is 14.3. The van der Waals surface area contributed by atoms with Crippen molar-refractivity contribution in [1.29, 1.82) is 0 Å². The molecular weight excluding hydrogens is 1040 g/mol. The van der Waals surface area contributed by atoms with Crippen molar-refractivity contribution in [2.75, 3.05) is 114 Å². The van der Waals surface area contributed by atoms with Gasteiger partial charge in [-0.1, -0.05) is 54.4 Å². The highest BCUT2D eigenvalue weighted by Crippen LogP contribution is 2.44. The molecular formula is C52H66Cl2F3N7O6S3. The first-order valence-corrected chi connectivity index (χ1v) is 29.0. The Morgan fingerprint density at radius 2 is 1.56 bits per heavy atom. The summed E-state index contributed by atoms with van der Waals surface area (Å²) in [6, 6.07) is 26.0. The monoisotopic (exact) mass is 1110 g/mol. The Bertz CT molecular complexity index is 2720. The van der Waals surface area contributed by atoms with Crippen molar-refractivity contribution in [2.45, 2.75) is 65.3 Å². The van der Waals surface area contributed by atoms with Gasteiger partial charge >= 0.3 is 5.51 Å². The van der Waals surface area contributed by atoms with Gasteiger partial charge in [-0.3, -0.25) is 14.6 Å². The summed E-state index contributed by atoms with van der Waals surface area (Å²) in [5.74, 6) is -0.653. The van der Waals surface area contributed by atoms with E-state index in [2.05, 4.69) is 49.3 Å². The van der Waals surface area contributed by atoms with Crippen LogP contribution in [0.25, 0.3) is 5.57 Å². The zero-order valence-electron chi connectivity index (χ0n) is 41.0. The van der Waals surface area contributed by atoms with E-state index in [4.69, 9.17) is 16.3 Å². The number of nitrogens with one attached hydrogen (secondary N) is 3. The largest absolute Gasteiger partial charge is 0.501 e. The molecule has 13 nitrogen and oxygen atoms in total. The lowest BCUT2D eigenvalue weighted by molar-refractivity contribution is -0.0435. The number of piperazine rings is 1. The van der Waals surface area contributed by atoms with E-state index in [1.807, 2.05) is 47.2 Å². The number of sulfonamides is 1. The Hall–Kier alpha value is -3.89. The third-order valence-corrected chi connectivity index (χ3v) is 18.4. The van der Waals surface area contributed by atoms with E-state index >= 15 is 0 Å². The summed E-state index contributed by atoms with van der Waals surface area (Å²) in [6.07, 6.45) is 4.76. The highest BCUT2D eigenvalue weighted by molar-refractivity contribution is 7.99. The van der Waals surface area contributed by atoms with E-state index in [1.54, 1.807) is 12.1 Å². The minimum absolute atomic E-state index is 0. The number of amides is 1.